The van der Waals surface area contributed by atoms with E-state index in [9.17, 15) is 14.0 Å². The number of rotatable bonds is 5. The highest BCUT2D eigenvalue weighted by atomic mass is 35.5. The maximum atomic E-state index is 15.0. The summed E-state index contributed by atoms with van der Waals surface area (Å²) in [5.41, 5.74) is 0.208. The number of amides is 1. The third kappa shape index (κ3) is 4.30. The molecule has 4 aromatic rings. The highest BCUT2D eigenvalue weighted by Gasteiger charge is 2.34. The summed E-state index contributed by atoms with van der Waals surface area (Å²) in [6, 6.07) is 4.26. The molecule has 206 valence electrons. The van der Waals surface area contributed by atoms with Crippen molar-refractivity contribution in [3.63, 3.8) is 0 Å². The van der Waals surface area contributed by atoms with Crippen molar-refractivity contribution in [2.45, 2.75) is 25.6 Å². The average molecular weight is 567 g/mol. The Morgan fingerprint density at radius 3 is 2.80 bits per heavy atom. The van der Waals surface area contributed by atoms with Crippen molar-refractivity contribution < 1.29 is 18.3 Å². The summed E-state index contributed by atoms with van der Waals surface area (Å²) in [4.78, 5) is 38.2. The Morgan fingerprint density at radius 1 is 1.27 bits per heavy atom. The third-order valence-electron chi connectivity index (χ3n) is 7.45. The SMILES string of the molecule is C=CC(=O)N1CCN(c2nc(=O)n3c4c(c(-c5ccc(F)cc5F)c(Cl)cc24)OCC3Cn2ccnc2)[C@@H](C)C1. The van der Waals surface area contributed by atoms with Gasteiger partial charge in [-0.15, -0.1) is 0 Å². The van der Waals surface area contributed by atoms with E-state index in [1.54, 1.807) is 34.3 Å². The molecule has 0 saturated carbocycles. The van der Waals surface area contributed by atoms with Gasteiger partial charge in [-0.1, -0.05) is 18.2 Å². The first-order valence-electron chi connectivity index (χ1n) is 12.8. The molecule has 0 spiro atoms. The number of imidazole rings is 1. The second-order valence-corrected chi connectivity index (χ2v) is 10.3. The van der Waals surface area contributed by atoms with Crippen molar-refractivity contribution in [2.24, 2.45) is 0 Å². The van der Waals surface area contributed by atoms with Crippen LogP contribution in [0.5, 0.6) is 5.75 Å². The monoisotopic (exact) mass is 566 g/mol. The molecule has 9 nitrogen and oxygen atoms in total. The largest absolute Gasteiger partial charge is 0.488 e. The minimum Gasteiger partial charge on any atom is -0.488 e. The van der Waals surface area contributed by atoms with Gasteiger partial charge in [-0.05, 0) is 31.2 Å². The fraction of sp³-hybridized carbons (Fsp3) is 0.286. The van der Waals surface area contributed by atoms with E-state index in [0.717, 1.165) is 12.1 Å². The number of carbonyl (C=O) groups excluding carboxylic acids is 1. The number of carbonyl (C=O) groups is 1. The first kappa shape index (κ1) is 26.0. The highest BCUT2D eigenvalue weighted by molar-refractivity contribution is 6.35. The molecular formula is C28H25ClF2N6O3. The molecule has 6 rings (SSSR count). The molecule has 1 unspecified atom stereocenters. The van der Waals surface area contributed by atoms with Crippen molar-refractivity contribution >= 4 is 34.2 Å². The Labute approximate surface area is 232 Å². The lowest BCUT2D eigenvalue weighted by Crippen LogP contribution is -2.54. The highest BCUT2D eigenvalue weighted by Crippen LogP contribution is 2.47. The lowest BCUT2D eigenvalue weighted by molar-refractivity contribution is -0.126. The smallest absolute Gasteiger partial charge is 0.350 e. The van der Waals surface area contributed by atoms with E-state index in [0.29, 0.717) is 42.9 Å². The molecule has 0 N–H and O–H groups in total. The summed E-state index contributed by atoms with van der Waals surface area (Å²) in [7, 11) is 0. The normalized spacial score (nSPS) is 18.6. The summed E-state index contributed by atoms with van der Waals surface area (Å²) in [5, 5.41) is 0.721. The Kier molecular flexibility index (Phi) is 6.53. The molecule has 2 aromatic heterocycles. The van der Waals surface area contributed by atoms with Crippen LogP contribution in [0.3, 0.4) is 0 Å². The first-order chi connectivity index (χ1) is 19.3. The predicted molar refractivity (Wildman–Crippen MR) is 147 cm³/mol. The predicted octanol–water partition coefficient (Wildman–Crippen LogP) is 4.05. The van der Waals surface area contributed by atoms with Crippen molar-refractivity contribution in [1.29, 1.82) is 0 Å². The van der Waals surface area contributed by atoms with E-state index < -0.39 is 23.4 Å². The fourth-order valence-corrected chi connectivity index (χ4v) is 5.89. The summed E-state index contributed by atoms with van der Waals surface area (Å²) < 4.78 is 38.4. The Bertz CT molecular complexity index is 1710. The van der Waals surface area contributed by atoms with Crippen molar-refractivity contribution in [1.82, 2.24) is 24.0 Å². The van der Waals surface area contributed by atoms with Gasteiger partial charge in [0.25, 0.3) is 0 Å². The van der Waals surface area contributed by atoms with Gasteiger partial charge < -0.3 is 19.1 Å². The number of nitrogens with zero attached hydrogens (tertiary/aromatic N) is 6. The van der Waals surface area contributed by atoms with E-state index in [1.807, 2.05) is 16.4 Å². The molecule has 2 aliphatic heterocycles. The summed E-state index contributed by atoms with van der Waals surface area (Å²) in [6.45, 7) is 7.24. The summed E-state index contributed by atoms with van der Waals surface area (Å²) in [5.74, 6) is -1.07. The Hall–Kier alpha value is -4.25. The van der Waals surface area contributed by atoms with Gasteiger partial charge in [0.15, 0.2) is 5.75 Å². The third-order valence-corrected chi connectivity index (χ3v) is 7.75. The van der Waals surface area contributed by atoms with Crippen LogP contribution in [0.4, 0.5) is 14.6 Å². The van der Waals surface area contributed by atoms with Crippen LogP contribution in [0, 0.1) is 11.6 Å². The van der Waals surface area contributed by atoms with Gasteiger partial charge in [0.1, 0.15) is 24.1 Å². The number of ether oxygens (including phenoxy) is 1. The average Bonchev–Trinajstić information content (AvgIpc) is 3.44. The lowest BCUT2D eigenvalue weighted by Gasteiger charge is -2.41. The summed E-state index contributed by atoms with van der Waals surface area (Å²) in [6.07, 6.45) is 6.35. The number of aromatic nitrogens is 4. The van der Waals surface area contributed by atoms with Crippen molar-refractivity contribution in [3.8, 4) is 16.9 Å². The van der Waals surface area contributed by atoms with Crippen LogP contribution in [0.1, 0.15) is 13.0 Å². The molecular weight excluding hydrogens is 542 g/mol. The van der Waals surface area contributed by atoms with Crippen LogP contribution in [-0.4, -0.2) is 62.2 Å². The van der Waals surface area contributed by atoms with Gasteiger partial charge in [-0.25, -0.2) is 18.6 Å². The zero-order valence-electron chi connectivity index (χ0n) is 21.6. The number of hydrogen-bond acceptors (Lipinski definition) is 6. The minimum absolute atomic E-state index is 0.0543. The van der Waals surface area contributed by atoms with Crippen molar-refractivity contribution in [2.75, 3.05) is 31.1 Å². The van der Waals surface area contributed by atoms with Gasteiger partial charge in [-0.2, -0.15) is 4.98 Å². The molecule has 2 aliphatic rings. The molecule has 1 amide bonds. The first-order valence-corrected chi connectivity index (χ1v) is 13.1. The molecule has 0 aliphatic carbocycles. The van der Waals surface area contributed by atoms with Gasteiger partial charge in [-0.3, -0.25) is 9.36 Å². The van der Waals surface area contributed by atoms with Crippen LogP contribution < -0.4 is 15.3 Å². The van der Waals surface area contributed by atoms with Crippen LogP contribution in [0.25, 0.3) is 22.0 Å². The molecule has 0 radical (unpaired) electrons. The van der Waals surface area contributed by atoms with E-state index in [-0.39, 0.29) is 40.5 Å². The topological polar surface area (TPSA) is 85.5 Å². The lowest BCUT2D eigenvalue weighted by atomic mass is 9.99. The maximum absolute atomic E-state index is 15.0. The van der Waals surface area contributed by atoms with Gasteiger partial charge in [0.2, 0.25) is 5.91 Å². The molecule has 40 heavy (non-hydrogen) atoms. The second-order valence-electron chi connectivity index (χ2n) is 9.93. The number of halogens is 3. The quantitative estimate of drug-likeness (QED) is 0.339. The molecule has 2 atom stereocenters. The van der Waals surface area contributed by atoms with Crippen LogP contribution in [0.2, 0.25) is 5.02 Å². The molecule has 1 fully saturated rings. The van der Waals surface area contributed by atoms with Crippen LogP contribution in [0.15, 0.2) is 60.4 Å². The zero-order chi connectivity index (χ0) is 28.1. The van der Waals surface area contributed by atoms with Gasteiger partial charge >= 0.3 is 5.69 Å². The Morgan fingerprint density at radius 2 is 2.10 bits per heavy atom. The molecule has 12 heteroatoms. The number of piperazine rings is 1. The van der Waals surface area contributed by atoms with Gasteiger partial charge in [0.05, 0.1) is 22.9 Å². The molecule has 4 heterocycles. The standard InChI is InChI=1S/C28H25ClF2N6O3/c1-3-23(38)35-8-9-36(16(2)12-35)27-20-11-21(29)24(19-5-4-17(30)10-22(19)31)26-25(20)37(28(39)33-27)18(14-40-26)13-34-7-6-32-15-34/h3-7,10-11,15-16,18H,1,8-9,12-14H2,2H3/t16-,18?/m0/s1. The minimum atomic E-state index is -0.804. The van der Waals surface area contributed by atoms with E-state index in [2.05, 4.69) is 16.5 Å². The van der Waals surface area contributed by atoms with Crippen molar-refractivity contribution in [3.05, 3.63) is 82.8 Å². The molecule has 0 bridgehead atoms. The van der Waals surface area contributed by atoms with E-state index in [1.165, 1.54) is 12.1 Å². The number of anilines is 1. The van der Waals surface area contributed by atoms with E-state index >= 15 is 4.39 Å². The van der Waals surface area contributed by atoms with E-state index in [4.69, 9.17) is 16.3 Å². The fourth-order valence-electron chi connectivity index (χ4n) is 5.60. The van der Waals surface area contributed by atoms with Crippen LogP contribution >= 0.6 is 11.6 Å². The molecule has 2 aromatic carbocycles. The number of benzene rings is 2. The zero-order valence-corrected chi connectivity index (χ0v) is 22.3. The maximum Gasteiger partial charge on any atom is 0.350 e. The molecule has 1 saturated heterocycles. The summed E-state index contributed by atoms with van der Waals surface area (Å²) >= 11 is 6.78. The van der Waals surface area contributed by atoms with Gasteiger partial charge in [0, 0.05) is 67.2 Å². The number of hydrogen-bond donors (Lipinski definition) is 0. The Balaban J connectivity index is 1.57. The van der Waals surface area contributed by atoms with Crippen LogP contribution in [-0.2, 0) is 11.3 Å². The second kappa shape index (κ2) is 10.1.